The van der Waals surface area contributed by atoms with E-state index in [1.54, 1.807) is 31.6 Å². The molecule has 116 valence electrons. The van der Waals surface area contributed by atoms with Crippen LogP contribution in [0.3, 0.4) is 0 Å². The number of nitrogens with zero attached hydrogens (tertiary/aromatic N) is 2. The molecule has 5 nitrogen and oxygen atoms in total. The molecule has 1 heterocycles. The number of ether oxygens (including phenoxy) is 1. The van der Waals surface area contributed by atoms with Crippen molar-refractivity contribution in [1.29, 1.82) is 0 Å². The third kappa shape index (κ3) is 5.05. The Bertz CT molecular complexity index is 590. The topological polar surface area (TPSA) is 54.5 Å². The van der Waals surface area contributed by atoms with Crippen molar-refractivity contribution in [3.05, 3.63) is 60.2 Å². The van der Waals surface area contributed by atoms with Crippen LogP contribution in [0.25, 0.3) is 0 Å². The van der Waals surface area contributed by atoms with Gasteiger partial charge in [0.15, 0.2) is 0 Å². The number of hydrogen-bond donors (Lipinski definition) is 1. The number of carbonyl (C=O) groups excluding carboxylic acids is 1. The van der Waals surface area contributed by atoms with Crippen LogP contribution in [0.4, 0.5) is 9.18 Å². The molecule has 1 aromatic heterocycles. The number of benzene rings is 1. The van der Waals surface area contributed by atoms with Gasteiger partial charge in [-0.25, -0.2) is 9.18 Å². The molecule has 0 spiro atoms. The van der Waals surface area contributed by atoms with Crippen molar-refractivity contribution in [3.63, 3.8) is 0 Å². The number of likely N-dealkylation sites (N-methyl/N-ethyl adjacent to an activating group) is 1. The van der Waals surface area contributed by atoms with Crippen molar-refractivity contribution in [2.75, 3.05) is 20.2 Å². The minimum Gasteiger partial charge on any atom is -0.492 e. The number of halogens is 1. The zero-order valence-electron chi connectivity index (χ0n) is 12.3. The van der Waals surface area contributed by atoms with Crippen molar-refractivity contribution in [3.8, 4) is 5.75 Å². The van der Waals surface area contributed by atoms with Crippen molar-refractivity contribution >= 4 is 6.03 Å². The van der Waals surface area contributed by atoms with Gasteiger partial charge in [-0.3, -0.25) is 4.98 Å². The molecule has 2 aromatic rings. The van der Waals surface area contributed by atoms with Crippen molar-refractivity contribution < 1.29 is 13.9 Å². The first-order valence-electron chi connectivity index (χ1n) is 6.91. The van der Waals surface area contributed by atoms with Gasteiger partial charge in [0, 0.05) is 26.0 Å². The predicted molar refractivity (Wildman–Crippen MR) is 81.0 cm³/mol. The summed E-state index contributed by atoms with van der Waals surface area (Å²) >= 11 is 0. The number of hydrogen-bond acceptors (Lipinski definition) is 3. The summed E-state index contributed by atoms with van der Waals surface area (Å²) in [4.78, 5) is 17.4. The van der Waals surface area contributed by atoms with E-state index in [1.807, 2.05) is 12.1 Å². The van der Waals surface area contributed by atoms with Gasteiger partial charge in [-0.1, -0.05) is 6.07 Å². The smallest absolute Gasteiger partial charge is 0.317 e. The first-order chi connectivity index (χ1) is 10.6. The number of rotatable bonds is 6. The van der Waals surface area contributed by atoms with Gasteiger partial charge in [-0.05, 0) is 35.9 Å². The second-order valence-corrected chi connectivity index (χ2v) is 4.74. The molecular weight excluding hydrogens is 285 g/mol. The maximum atomic E-state index is 12.7. The molecule has 0 atom stereocenters. The zero-order valence-corrected chi connectivity index (χ0v) is 12.3. The molecule has 22 heavy (non-hydrogen) atoms. The number of aromatic nitrogens is 1. The second-order valence-electron chi connectivity index (χ2n) is 4.74. The van der Waals surface area contributed by atoms with Crippen LogP contribution in [-0.2, 0) is 6.54 Å². The van der Waals surface area contributed by atoms with E-state index in [9.17, 15) is 9.18 Å². The summed E-state index contributed by atoms with van der Waals surface area (Å²) in [5.41, 5.74) is 0.937. The zero-order chi connectivity index (χ0) is 15.8. The second kappa shape index (κ2) is 7.97. The van der Waals surface area contributed by atoms with Gasteiger partial charge in [0.05, 0.1) is 6.54 Å². The average Bonchev–Trinajstić information content (AvgIpc) is 2.55. The SMILES string of the molecule is CN(CCOc1ccc(F)cc1)C(=O)NCc1cccnc1. The molecule has 0 saturated carbocycles. The Morgan fingerprint density at radius 3 is 2.77 bits per heavy atom. The van der Waals surface area contributed by atoms with Crippen LogP contribution < -0.4 is 10.1 Å². The molecule has 0 aliphatic carbocycles. The van der Waals surface area contributed by atoms with E-state index >= 15 is 0 Å². The summed E-state index contributed by atoms with van der Waals surface area (Å²) in [5, 5.41) is 2.80. The van der Waals surface area contributed by atoms with E-state index in [0.29, 0.717) is 25.4 Å². The summed E-state index contributed by atoms with van der Waals surface area (Å²) in [6.45, 7) is 1.19. The molecule has 2 amide bonds. The van der Waals surface area contributed by atoms with Crippen LogP contribution in [0, 0.1) is 5.82 Å². The van der Waals surface area contributed by atoms with Gasteiger partial charge in [0.2, 0.25) is 0 Å². The van der Waals surface area contributed by atoms with Gasteiger partial charge in [-0.2, -0.15) is 0 Å². The number of nitrogens with one attached hydrogen (secondary N) is 1. The fraction of sp³-hybridized carbons (Fsp3) is 0.250. The minimum absolute atomic E-state index is 0.188. The Hall–Kier alpha value is -2.63. The van der Waals surface area contributed by atoms with Gasteiger partial charge in [0.1, 0.15) is 18.2 Å². The van der Waals surface area contributed by atoms with E-state index in [2.05, 4.69) is 10.3 Å². The molecule has 0 bridgehead atoms. The monoisotopic (exact) mass is 303 g/mol. The highest BCUT2D eigenvalue weighted by molar-refractivity contribution is 5.73. The first-order valence-corrected chi connectivity index (χ1v) is 6.91. The molecular formula is C16H18FN3O2. The van der Waals surface area contributed by atoms with E-state index in [0.717, 1.165) is 5.56 Å². The van der Waals surface area contributed by atoms with Crippen molar-refractivity contribution in [2.24, 2.45) is 0 Å². The normalized spacial score (nSPS) is 10.1. The molecule has 2 rings (SSSR count). The lowest BCUT2D eigenvalue weighted by atomic mass is 10.3. The van der Waals surface area contributed by atoms with Crippen molar-refractivity contribution in [2.45, 2.75) is 6.54 Å². The van der Waals surface area contributed by atoms with E-state index in [4.69, 9.17) is 4.74 Å². The predicted octanol–water partition coefficient (Wildman–Crippen LogP) is 2.44. The number of urea groups is 1. The Labute approximate surface area is 128 Å². The minimum atomic E-state index is -0.306. The molecule has 0 unspecified atom stereocenters. The lowest BCUT2D eigenvalue weighted by molar-refractivity contribution is 0.195. The van der Waals surface area contributed by atoms with Gasteiger partial charge < -0.3 is 15.0 Å². The standard InChI is InChI=1S/C16H18FN3O2/c1-20(9-10-22-15-6-4-14(17)5-7-15)16(21)19-12-13-3-2-8-18-11-13/h2-8,11H,9-10,12H2,1H3,(H,19,21). The highest BCUT2D eigenvalue weighted by Gasteiger charge is 2.08. The van der Waals surface area contributed by atoms with E-state index < -0.39 is 0 Å². The fourth-order valence-corrected chi connectivity index (χ4v) is 1.75. The number of pyridine rings is 1. The summed E-state index contributed by atoms with van der Waals surface area (Å²) < 4.78 is 18.2. The van der Waals surface area contributed by atoms with Crippen molar-refractivity contribution in [1.82, 2.24) is 15.2 Å². The molecule has 0 saturated heterocycles. The molecule has 1 N–H and O–H groups in total. The first kappa shape index (κ1) is 15.8. The van der Waals surface area contributed by atoms with Crippen LogP contribution in [0.2, 0.25) is 0 Å². The Balaban J connectivity index is 1.69. The highest BCUT2D eigenvalue weighted by Crippen LogP contribution is 2.10. The molecule has 0 aliphatic rings. The summed E-state index contributed by atoms with van der Waals surface area (Å²) in [6.07, 6.45) is 3.39. The Morgan fingerprint density at radius 1 is 1.32 bits per heavy atom. The molecule has 1 aromatic carbocycles. The van der Waals surface area contributed by atoms with Crippen LogP contribution in [0.15, 0.2) is 48.8 Å². The van der Waals surface area contributed by atoms with E-state index in [-0.39, 0.29) is 11.8 Å². The Morgan fingerprint density at radius 2 is 2.09 bits per heavy atom. The van der Waals surface area contributed by atoms with Gasteiger partial charge >= 0.3 is 6.03 Å². The average molecular weight is 303 g/mol. The number of carbonyl (C=O) groups is 1. The van der Waals surface area contributed by atoms with Crippen LogP contribution in [0.5, 0.6) is 5.75 Å². The summed E-state index contributed by atoms with van der Waals surface area (Å²) in [7, 11) is 1.69. The lowest BCUT2D eigenvalue weighted by Crippen LogP contribution is -2.39. The largest absolute Gasteiger partial charge is 0.492 e. The maximum absolute atomic E-state index is 12.7. The quantitative estimate of drug-likeness (QED) is 0.892. The van der Waals surface area contributed by atoms with Crippen LogP contribution in [-0.4, -0.2) is 36.1 Å². The molecule has 0 aliphatic heterocycles. The number of amides is 2. The molecule has 0 fully saturated rings. The Kier molecular flexibility index (Phi) is 5.71. The van der Waals surface area contributed by atoms with Crippen LogP contribution in [0.1, 0.15) is 5.56 Å². The van der Waals surface area contributed by atoms with E-state index in [1.165, 1.54) is 17.0 Å². The maximum Gasteiger partial charge on any atom is 0.317 e. The highest BCUT2D eigenvalue weighted by atomic mass is 19.1. The van der Waals surface area contributed by atoms with Gasteiger partial charge in [0.25, 0.3) is 0 Å². The molecule has 0 radical (unpaired) electrons. The third-order valence-electron chi connectivity index (χ3n) is 3.02. The van der Waals surface area contributed by atoms with Gasteiger partial charge in [-0.15, -0.1) is 0 Å². The third-order valence-corrected chi connectivity index (χ3v) is 3.02. The molecule has 6 heteroatoms. The summed E-state index contributed by atoms with van der Waals surface area (Å²) in [6, 6.07) is 9.30. The lowest BCUT2D eigenvalue weighted by Gasteiger charge is -2.18. The summed E-state index contributed by atoms with van der Waals surface area (Å²) in [5.74, 6) is 0.268. The fourth-order valence-electron chi connectivity index (χ4n) is 1.75. The van der Waals surface area contributed by atoms with Crippen LogP contribution >= 0.6 is 0 Å².